The molecule has 5 heteroatoms. The molecule has 0 radical (unpaired) electrons. The highest BCUT2D eigenvalue weighted by Gasteiger charge is 2.42. The van der Waals surface area contributed by atoms with E-state index in [-0.39, 0.29) is 17.8 Å². The van der Waals surface area contributed by atoms with Gasteiger partial charge in [0.15, 0.2) is 0 Å². The Bertz CT molecular complexity index is 555. The first-order chi connectivity index (χ1) is 9.27. The monoisotopic (exact) mass is 293 g/mol. The summed E-state index contributed by atoms with van der Waals surface area (Å²) in [5.74, 6) is 1.48. The smallest absolute Gasteiger partial charge is 0.233 e. The minimum absolute atomic E-state index is 0. The second-order valence-corrected chi connectivity index (χ2v) is 5.31. The fourth-order valence-electron chi connectivity index (χ4n) is 2.67. The van der Waals surface area contributed by atoms with Crippen LogP contribution < -0.4 is 5.73 Å². The van der Waals surface area contributed by atoms with Crippen LogP contribution in [0, 0.1) is 0 Å². The van der Waals surface area contributed by atoms with Crippen LogP contribution in [0.25, 0.3) is 11.4 Å². The number of hydrogen-bond donors (Lipinski definition) is 1. The summed E-state index contributed by atoms with van der Waals surface area (Å²) in [5, 5.41) is 4.12. The van der Waals surface area contributed by atoms with Gasteiger partial charge in [-0.1, -0.05) is 42.8 Å². The number of nitrogens with zero attached hydrogens (tertiary/aromatic N) is 2. The lowest BCUT2D eigenvalue weighted by molar-refractivity contribution is 0.168. The highest BCUT2D eigenvalue weighted by atomic mass is 35.5. The van der Waals surface area contributed by atoms with Crippen LogP contribution in [0.3, 0.4) is 0 Å². The Morgan fingerprint density at radius 3 is 2.45 bits per heavy atom. The average Bonchev–Trinajstić information content (AvgIpc) is 2.88. The van der Waals surface area contributed by atoms with Gasteiger partial charge in [-0.05, 0) is 24.8 Å². The molecule has 1 aromatic carbocycles. The van der Waals surface area contributed by atoms with Crippen LogP contribution in [0.5, 0.6) is 0 Å². The highest BCUT2D eigenvalue weighted by molar-refractivity contribution is 5.85. The molecule has 0 atom stereocenters. The summed E-state index contributed by atoms with van der Waals surface area (Å²) in [4.78, 5) is 4.59. The number of nitrogens with two attached hydrogens (primary N) is 1. The van der Waals surface area contributed by atoms with Crippen molar-refractivity contribution in [1.82, 2.24) is 10.1 Å². The molecule has 1 aliphatic carbocycles. The van der Waals surface area contributed by atoms with Gasteiger partial charge in [-0.2, -0.15) is 4.98 Å². The number of benzene rings is 1. The third kappa shape index (κ3) is 2.45. The number of hydrogen-bond acceptors (Lipinski definition) is 4. The van der Waals surface area contributed by atoms with E-state index in [2.05, 4.69) is 17.1 Å². The summed E-state index contributed by atoms with van der Waals surface area (Å²) >= 11 is 0. The summed E-state index contributed by atoms with van der Waals surface area (Å²) < 4.78 is 5.49. The van der Waals surface area contributed by atoms with Crippen LogP contribution in [0.2, 0.25) is 0 Å². The second kappa shape index (κ2) is 5.94. The van der Waals surface area contributed by atoms with Crippen molar-refractivity contribution in [2.24, 2.45) is 5.73 Å². The van der Waals surface area contributed by atoms with Crippen LogP contribution in [-0.4, -0.2) is 10.1 Å². The van der Waals surface area contributed by atoms with Crippen molar-refractivity contribution in [3.05, 3.63) is 35.7 Å². The highest BCUT2D eigenvalue weighted by Crippen LogP contribution is 2.45. The molecule has 1 aliphatic rings. The van der Waals surface area contributed by atoms with Gasteiger partial charge >= 0.3 is 0 Å². The van der Waals surface area contributed by atoms with Crippen molar-refractivity contribution in [3.8, 4) is 11.4 Å². The van der Waals surface area contributed by atoms with Crippen molar-refractivity contribution in [3.63, 3.8) is 0 Å². The summed E-state index contributed by atoms with van der Waals surface area (Å²) in [6.45, 7) is 2.75. The van der Waals surface area contributed by atoms with Crippen LogP contribution in [0.1, 0.15) is 44.1 Å². The zero-order chi connectivity index (χ0) is 13.3. The van der Waals surface area contributed by atoms with E-state index in [0.717, 1.165) is 36.3 Å². The summed E-state index contributed by atoms with van der Waals surface area (Å²) in [7, 11) is 0. The predicted molar refractivity (Wildman–Crippen MR) is 80.7 cm³/mol. The van der Waals surface area contributed by atoms with E-state index in [4.69, 9.17) is 10.3 Å². The van der Waals surface area contributed by atoms with Gasteiger partial charge in [-0.3, -0.25) is 0 Å². The maximum Gasteiger partial charge on any atom is 0.233 e. The predicted octanol–water partition coefficient (Wildman–Crippen LogP) is 3.45. The molecule has 3 rings (SSSR count). The molecule has 0 amide bonds. The minimum atomic E-state index is 0. The van der Waals surface area contributed by atoms with Crippen LogP contribution in [-0.2, 0) is 12.0 Å². The van der Waals surface area contributed by atoms with E-state index in [0.29, 0.717) is 12.4 Å². The van der Waals surface area contributed by atoms with E-state index in [9.17, 15) is 0 Å². The Labute approximate surface area is 125 Å². The van der Waals surface area contributed by atoms with Crippen molar-refractivity contribution >= 4 is 12.4 Å². The second-order valence-electron chi connectivity index (χ2n) is 5.31. The molecule has 0 spiro atoms. The van der Waals surface area contributed by atoms with Crippen molar-refractivity contribution < 1.29 is 4.52 Å². The van der Waals surface area contributed by atoms with E-state index < -0.39 is 0 Å². The average molecular weight is 294 g/mol. The molecule has 0 aliphatic heterocycles. The minimum Gasteiger partial charge on any atom is -0.338 e. The molecule has 1 aromatic heterocycles. The lowest BCUT2D eigenvalue weighted by atomic mass is 9.67. The first kappa shape index (κ1) is 15.0. The lowest BCUT2D eigenvalue weighted by Gasteiger charge is -2.37. The zero-order valence-electron chi connectivity index (χ0n) is 11.6. The lowest BCUT2D eigenvalue weighted by Crippen LogP contribution is -2.33. The molecule has 1 fully saturated rings. The molecule has 4 nitrogen and oxygen atoms in total. The first-order valence-corrected chi connectivity index (χ1v) is 6.91. The maximum absolute atomic E-state index is 5.59. The van der Waals surface area contributed by atoms with Crippen molar-refractivity contribution in [2.75, 3.05) is 0 Å². The third-order valence-corrected chi connectivity index (χ3v) is 4.31. The Balaban J connectivity index is 0.00000147. The van der Waals surface area contributed by atoms with Gasteiger partial charge in [0, 0.05) is 17.5 Å². The van der Waals surface area contributed by atoms with E-state index in [1.54, 1.807) is 0 Å². The van der Waals surface area contributed by atoms with Gasteiger partial charge in [0.25, 0.3) is 0 Å². The van der Waals surface area contributed by atoms with Gasteiger partial charge in [0.2, 0.25) is 11.7 Å². The summed E-state index contributed by atoms with van der Waals surface area (Å²) in [6, 6.07) is 8.00. The Hall–Kier alpha value is -1.39. The van der Waals surface area contributed by atoms with Gasteiger partial charge in [-0.15, -0.1) is 12.4 Å². The molecule has 2 aromatic rings. The Morgan fingerprint density at radius 1 is 1.25 bits per heavy atom. The first-order valence-electron chi connectivity index (χ1n) is 6.91. The Morgan fingerprint density at radius 2 is 1.95 bits per heavy atom. The molecular weight excluding hydrogens is 274 g/mol. The fourth-order valence-corrected chi connectivity index (χ4v) is 2.67. The van der Waals surface area contributed by atoms with Crippen molar-refractivity contribution in [2.45, 2.75) is 44.6 Å². The summed E-state index contributed by atoms with van der Waals surface area (Å²) in [5.41, 5.74) is 7.83. The van der Waals surface area contributed by atoms with Crippen LogP contribution >= 0.6 is 12.4 Å². The van der Waals surface area contributed by atoms with Crippen molar-refractivity contribution in [1.29, 1.82) is 0 Å². The standard InChI is InChI=1S/C15H19N3O.ClH/c1-2-15(8-3-9-15)14-17-13(18-19-14)12-6-4-11(10-16)5-7-12;/h4-7H,2-3,8-10,16H2,1H3;1H. The largest absolute Gasteiger partial charge is 0.338 e. The molecule has 0 bridgehead atoms. The van der Waals surface area contributed by atoms with Crippen LogP contribution in [0.15, 0.2) is 28.8 Å². The quantitative estimate of drug-likeness (QED) is 0.937. The molecule has 1 saturated carbocycles. The molecule has 0 saturated heterocycles. The molecule has 0 unspecified atom stereocenters. The molecular formula is C15H20ClN3O. The van der Waals surface area contributed by atoms with E-state index in [1.807, 2.05) is 24.3 Å². The van der Waals surface area contributed by atoms with Gasteiger partial charge < -0.3 is 10.3 Å². The van der Waals surface area contributed by atoms with Gasteiger partial charge in [-0.25, -0.2) is 0 Å². The van der Waals surface area contributed by atoms with E-state index >= 15 is 0 Å². The molecule has 20 heavy (non-hydrogen) atoms. The van der Waals surface area contributed by atoms with E-state index in [1.165, 1.54) is 6.42 Å². The third-order valence-electron chi connectivity index (χ3n) is 4.31. The zero-order valence-corrected chi connectivity index (χ0v) is 12.4. The maximum atomic E-state index is 5.59. The van der Waals surface area contributed by atoms with Gasteiger partial charge in [0.1, 0.15) is 0 Å². The van der Waals surface area contributed by atoms with Gasteiger partial charge in [0.05, 0.1) is 0 Å². The molecule has 1 heterocycles. The number of halogens is 1. The summed E-state index contributed by atoms with van der Waals surface area (Å²) in [6.07, 6.45) is 4.66. The van der Waals surface area contributed by atoms with Crippen LogP contribution in [0.4, 0.5) is 0 Å². The Kier molecular flexibility index (Phi) is 4.45. The normalized spacial score (nSPS) is 16.3. The number of rotatable bonds is 4. The number of aromatic nitrogens is 2. The fraction of sp³-hybridized carbons (Fsp3) is 0.467. The molecule has 108 valence electrons. The topological polar surface area (TPSA) is 64.9 Å². The SMILES string of the molecule is CCC1(c2nc(-c3ccc(CN)cc3)no2)CCC1.Cl. The molecule has 2 N–H and O–H groups in total.